The highest BCUT2D eigenvalue weighted by molar-refractivity contribution is 6.30. The molecule has 1 heterocycles. The lowest BCUT2D eigenvalue weighted by Crippen LogP contribution is -2.45. The Morgan fingerprint density at radius 3 is 2.17 bits per heavy atom. The molecule has 128 valence electrons. The summed E-state index contributed by atoms with van der Waals surface area (Å²) in [5.74, 6) is 0.480. The summed E-state index contributed by atoms with van der Waals surface area (Å²) >= 11 is 5.98. The van der Waals surface area contributed by atoms with Crippen molar-refractivity contribution >= 4 is 23.3 Å². The number of anilines is 1. The zero-order valence-electron chi connectivity index (χ0n) is 14.5. The highest BCUT2D eigenvalue weighted by Crippen LogP contribution is 2.30. The van der Waals surface area contributed by atoms with Gasteiger partial charge in [-0.05, 0) is 42.7 Å². The van der Waals surface area contributed by atoms with E-state index in [1.165, 1.54) is 0 Å². The Balaban J connectivity index is 2.26. The molecule has 5 nitrogen and oxygen atoms in total. The van der Waals surface area contributed by atoms with Gasteiger partial charge in [-0.15, -0.1) is 10.2 Å². The molecule has 1 aromatic carbocycles. The molecule has 0 unspecified atom stereocenters. The van der Waals surface area contributed by atoms with Crippen molar-refractivity contribution in [2.45, 2.75) is 32.2 Å². The van der Waals surface area contributed by atoms with Gasteiger partial charge >= 0.3 is 0 Å². The summed E-state index contributed by atoms with van der Waals surface area (Å²) in [4.78, 5) is 14.5. The minimum absolute atomic E-state index is 0.230. The number of nitrogens with zero attached hydrogens (tertiary/aromatic N) is 3. The van der Waals surface area contributed by atoms with E-state index in [9.17, 15) is 4.79 Å². The third kappa shape index (κ3) is 3.85. The molecule has 6 heteroatoms. The van der Waals surface area contributed by atoms with Gasteiger partial charge in [0.25, 0.3) is 5.91 Å². The standard InChI is InChI=1S/C18H23ClN4O/c1-5-18(6-2,13-7-9-14(19)10-8-13)20-17(24)15-11-12-16(22-21-15)23(3)4/h7-12H,5-6H2,1-4H3,(H,20,24). The zero-order valence-corrected chi connectivity index (χ0v) is 15.3. The average molecular weight is 347 g/mol. The molecule has 2 rings (SSSR count). The molecule has 1 N–H and O–H groups in total. The minimum Gasteiger partial charge on any atom is -0.361 e. The van der Waals surface area contributed by atoms with Crippen molar-refractivity contribution in [2.24, 2.45) is 0 Å². The third-order valence-corrected chi connectivity index (χ3v) is 4.55. The van der Waals surface area contributed by atoms with E-state index in [1.54, 1.807) is 12.1 Å². The van der Waals surface area contributed by atoms with Crippen molar-refractivity contribution in [3.63, 3.8) is 0 Å². The first kappa shape index (κ1) is 18.2. The highest BCUT2D eigenvalue weighted by atomic mass is 35.5. The summed E-state index contributed by atoms with van der Waals surface area (Å²) in [6.07, 6.45) is 1.53. The Morgan fingerprint density at radius 1 is 1.08 bits per heavy atom. The number of carbonyl (C=O) groups is 1. The van der Waals surface area contributed by atoms with Crippen LogP contribution in [0.4, 0.5) is 5.82 Å². The Kier molecular flexibility index (Phi) is 5.78. The molecule has 0 aliphatic heterocycles. The van der Waals surface area contributed by atoms with Crippen molar-refractivity contribution in [3.05, 3.63) is 52.7 Å². The fraction of sp³-hybridized carbons (Fsp3) is 0.389. The van der Waals surface area contributed by atoms with Crippen LogP contribution in [-0.4, -0.2) is 30.2 Å². The Labute approximate surface area is 148 Å². The number of benzene rings is 1. The molecular formula is C18H23ClN4O. The number of rotatable bonds is 6. The topological polar surface area (TPSA) is 58.1 Å². The molecule has 0 bridgehead atoms. The molecule has 1 amide bonds. The van der Waals surface area contributed by atoms with Crippen LogP contribution in [0.5, 0.6) is 0 Å². The first-order valence-corrected chi connectivity index (χ1v) is 8.39. The minimum atomic E-state index is -0.455. The van der Waals surface area contributed by atoms with E-state index in [0.29, 0.717) is 16.5 Å². The summed E-state index contributed by atoms with van der Waals surface area (Å²) in [6, 6.07) is 11.1. The quantitative estimate of drug-likeness (QED) is 0.867. The number of hydrogen-bond donors (Lipinski definition) is 1. The van der Waals surface area contributed by atoms with Gasteiger partial charge in [0.05, 0.1) is 5.54 Å². The van der Waals surface area contributed by atoms with Crippen LogP contribution < -0.4 is 10.2 Å². The molecule has 0 aliphatic carbocycles. The van der Waals surface area contributed by atoms with Crippen LogP contribution in [0.3, 0.4) is 0 Å². The van der Waals surface area contributed by atoms with Crippen LogP contribution in [0.15, 0.2) is 36.4 Å². The van der Waals surface area contributed by atoms with Gasteiger partial charge in [0, 0.05) is 19.1 Å². The molecular weight excluding hydrogens is 324 g/mol. The lowest BCUT2D eigenvalue weighted by Gasteiger charge is -2.33. The maximum atomic E-state index is 12.6. The van der Waals surface area contributed by atoms with Crippen molar-refractivity contribution in [3.8, 4) is 0 Å². The Bertz CT molecular complexity index is 679. The number of halogens is 1. The van der Waals surface area contributed by atoms with Gasteiger partial charge < -0.3 is 10.2 Å². The summed E-state index contributed by atoms with van der Waals surface area (Å²) in [6.45, 7) is 4.11. The average Bonchev–Trinajstić information content (AvgIpc) is 2.60. The predicted octanol–water partition coefficient (Wildman–Crippen LogP) is 3.64. The Morgan fingerprint density at radius 2 is 1.71 bits per heavy atom. The van der Waals surface area contributed by atoms with Gasteiger partial charge in [-0.1, -0.05) is 37.6 Å². The highest BCUT2D eigenvalue weighted by Gasteiger charge is 2.31. The maximum Gasteiger partial charge on any atom is 0.272 e. The molecule has 0 saturated carbocycles. The lowest BCUT2D eigenvalue weighted by molar-refractivity contribution is 0.0883. The molecule has 1 aromatic heterocycles. The van der Waals surface area contributed by atoms with Crippen molar-refractivity contribution < 1.29 is 4.79 Å². The first-order valence-electron chi connectivity index (χ1n) is 8.01. The van der Waals surface area contributed by atoms with E-state index in [4.69, 9.17) is 11.6 Å². The number of aromatic nitrogens is 2. The molecule has 0 radical (unpaired) electrons. The van der Waals surface area contributed by atoms with E-state index >= 15 is 0 Å². The lowest BCUT2D eigenvalue weighted by atomic mass is 9.84. The summed E-state index contributed by atoms with van der Waals surface area (Å²) in [5, 5.41) is 11.9. The molecule has 0 aliphatic rings. The van der Waals surface area contributed by atoms with Crippen LogP contribution in [0, 0.1) is 0 Å². The smallest absolute Gasteiger partial charge is 0.272 e. The van der Waals surface area contributed by atoms with Crippen LogP contribution in [0.25, 0.3) is 0 Å². The normalized spacial score (nSPS) is 11.2. The van der Waals surface area contributed by atoms with Crippen molar-refractivity contribution in [2.75, 3.05) is 19.0 Å². The second kappa shape index (κ2) is 7.62. The molecule has 0 saturated heterocycles. The second-order valence-corrected chi connectivity index (χ2v) is 6.36. The van der Waals surface area contributed by atoms with Gasteiger partial charge in [-0.3, -0.25) is 4.79 Å². The van der Waals surface area contributed by atoms with Crippen LogP contribution >= 0.6 is 11.6 Å². The molecule has 0 fully saturated rings. The monoisotopic (exact) mass is 346 g/mol. The molecule has 2 aromatic rings. The third-order valence-electron chi connectivity index (χ3n) is 4.30. The van der Waals surface area contributed by atoms with Gasteiger partial charge in [0.15, 0.2) is 11.5 Å². The van der Waals surface area contributed by atoms with Crippen molar-refractivity contribution in [1.82, 2.24) is 15.5 Å². The van der Waals surface area contributed by atoms with Gasteiger partial charge in [0.1, 0.15) is 0 Å². The second-order valence-electron chi connectivity index (χ2n) is 5.92. The zero-order chi connectivity index (χ0) is 17.7. The summed E-state index contributed by atoms with van der Waals surface area (Å²) < 4.78 is 0. The van der Waals surface area contributed by atoms with E-state index in [0.717, 1.165) is 18.4 Å². The number of nitrogens with one attached hydrogen (secondary N) is 1. The number of carbonyl (C=O) groups excluding carboxylic acids is 1. The van der Waals surface area contributed by atoms with E-state index in [1.807, 2.05) is 43.3 Å². The van der Waals surface area contributed by atoms with Crippen LogP contribution in [-0.2, 0) is 5.54 Å². The number of amides is 1. The van der Waals surface area contributed by atoms with Crippen LogP contribution in [0.2, 0.25) is 5.02 Å². The molecule has 0 spiro atoms. The van der Waals surface area contributed by atoms with E-state index in [2.05, 4.69) is 29.4 Å². The van der Waals surface area contributed by atoms with E-state index in [-0.39, 0.29) is 5.91 Å². The largest absolute Gasteiger partial charge is 0.361 e. The van der Waals surface area contributed by atoms with Gasteiger partial charge in [0.2, 0.25) is 0 Å². The van der Waals surface area contributed by atoms with Crippen molar-refractivity contribution in [1.29, 1.82) is 0 Å². The predicted molar refractivity (Wildman–Crippen MR) is 97.5 cm³/mol. The first-order chi connectivity index (χ1) is 11.4. The fourth-order valence-electron chi connectivity index (χ4n) is 2.64. The summed E-state index contributed by atoms with van der Waals surface area (Å²) in [5.41, 5.74) is 0.882. The van der Waals surface area contributed by atoms with E-state index < -0.39 is 5.54 Å². The molecule has 0 atom stereocenters. The van der Waals surface area contributed by atoms with Gasteiger partial charge in [-0.2, -0.15) is 0 Å². The van der Waals surface area contributed by atoms with Gasteiger partial charge in [-0.25, -0.2) is 0 Å². The molecule has 24 heavy (non-hydrogen) atoms. The fourth-order valence-corrected chi connectivity index (χ4v) is 2.77. The maximum absolute atomic E-state index is 12.6. The SMILES string of the molecule is CCC(CC)(NC(=O)c1ccc(N(C)C)nn1)c1ccc(Cl)cc1. The Hall–Kier alpha value is -2.14. The summed E-state index contributed by atoms with van der Waals surface area (Å²) in [7, 11) is 3.76. The number of hydrogen-bond acceptors (Lipinski definition) is 4. The van der Waals surface area contributed by atoms with Crippen LogP contribution in [0.1, 0.15) is 42.7 Å².